The minimum Gasteiger partial charge on any atom is -0.822 e. The lowest BCUT2D eigenvalue weighted by molar-refractivity contribution is -0.434. The lowest BCUT2D eigenvalue weighted by atomic mass is 10.4. The predicted octanol–water partition coefficient (Wildman–Crippen LogP) is -2.80. The standard InChI is InChI=1S/3C4H10.3C2H6.4H3O4P/c3*1-3-4-2;3*1-2;4*1-5(2,3)4/h3*3-4H2,1-2H3;3*1-2H3;4*(H3,1,2,3,4)/p-12. The third-order valence-electron chi connectivity index (χ3n) is 1.50. The Bertz CT molecular complexity index is 384. The van der Waals surface area contributed by atoms with E-state index in [-0.39, 0.29) is 0 Å². The zero-order chi connectivity index (χ0) is 34.2. The Morgan fingerprint density at radius 2 is 0.316 bits per heavy atom. The topological polar surface area (TPSA) is 345 Å². The Balaban J connectivity index is -0.0000000292. The summed E-state index contributed by atoms with van der Waals surface area (Å²) in [5, 5.41) is 0. The van der Waals surface area contributed by atoms with Crippen LogP contribution in [0.2, 0.25) is 0 Å². The molecule has 16 nitrogen and oxygen atoms in total. The molecular weight excluding hydrogens is 596 g/mol. The first-order valence-corrected chi connectivity index (χ1v) is 17.5. The molecule has 0 saturated carbocycles. The maximum atomic E-state index is 8.55. The summed E-state index contributed by atoms with van der Waals surface area (Å²) in [7, 11) is -21.6. The maximum Gasteiger partial charge on any atom is -0.0564 e. The zero-order valence-corrected chi connectivity index (χ0v) is 28.1. The SMILES string of the molecule is CC.CC.CC.CCCC.CCCC.CCCC.O=P([O-])([O-])[O-].O=P([O-])([O-])[O-].O=P([O-])([O-])[O-].O=P([O-])([O-])[O-]. The summed E-state index contributed by atoms with van der Waals surface area (Å²) in [5.41, 5.74) is 0. The molecule has 0 aromatic heterocycles. The summed E-state index contributed by atoms with van der Waals surface area (Å²) >= 11 is 0. The van der Waals surface area contributed by atoms with Crippen LogP contribution in [0.1, 0.15) is 122 Å². The summed E-state index contributed by atoms with van der Waals surface area (Å²) in [6.45, 7) is 25.1. The molecule has 0 fully saturated rings. The molecule has 0 amide bonds. The quantitative estimate of drug-likeness (QED) is 0.280. The fraction of sp³-hybridized carbons (Fsp3) is 1.00. The van der Waals surface area contributed by atoms with Crippen molar-refractivity contribution < 1.29 is 77.0 Å². The van der Waals surface area contributed by atoms with Gasteiger partial charge in [-0.25, -0.2) is 0 Å². The molecule has 0 aliphatic carbocycles. The summed E-state index contributed by atoms with van der Waals surface area (Å²) in [5.74, 6) is 0. The Hall–Kier alpha value is 0.440. The Morgan fingerprint density at radius 1 is 0.289 bits per heavy atom. The van der Waals surface area contributed by atoms with Gasteiger partial charge in [0.15, 0.2) is 0 Å². The number of phosphoric acid groups is 4. The minimum atomic E-state index is -5.39. The Labute approximate surface area is 230 Å². The number of hydrogen-bond acceptors (Lipinski definition) is 16. The van der Waals surface area contributed by atoms with Crippen molar-refractivity contribution in [3.63, 3.8) is 0 Å². The summed E-state index contributed by atoms with van der Waals surface area (Å²) in [4.78, 5) is 103. The van der Waals surface area contributed by atoms with Crippen LogP contribution in [0.15, 0.2) is 0 Å². The third-order valence-corrected chi connectivity index (χ3v) is 1.50. The van der Waals surface area contributed by atoms with Crippen molar-refractivity contribution >= 4 is 31.3 Å². The van der Waals surface area contributed by atoms with Crippen LogP contribution in [0.5, 0.6) is 0 Å². The highest BCUT2D eigenvalue weighted by atomic mass is 31.2. The van der Waals surface area contributed by atoms with E-state index in [1.165, 1.54) is 38.5 Å². The van der Waals surface area contributed by atoms with E-state index in [4.69, 9.17) is 77.0 Å². The van der Waals surface area contributed by atoms with Crippen molar-refractivity contribution in [1.82, 2.24) is 0 Å². The van der Waals surface area contributed by atoms with Gasteiger partial charge in [0, 0.05) is 0 Å². The van der Waals surface area contributed by atoms with Gasteiger partial charge in [-0.05, 0) is 0 Å². The van der Waals surface area contributed by atoms with Crippen LogP contribution in [0, 0.1) is 0 Å². The second-order valence-electron chi connectivity index (χ2n) is 4.79. The van der Waals surface area contributed by atoms with Gasteiger partial charge in [-0.1, -0.05) is 122 Å². The van der Waals surface area contributed by atoms with Gasteiger partial charge in [0.25, 0.3) is 0 Å². The number of unbranched alkanes of at least 4 members (excludes halogenated alkanes) is 3. The largest absolute Gasteiger partial charge is 0.822 e. The van der Waals surface area contributed by atoms with Gasteiger partial charge in [-0.3, -0.25) is 0 Å². The van der Waals surface area contributed by atoms with Crippen LogP contribution in [-0.4, -0.2) is 0 Å². The molecule has 248 valence electrons. The highest BCUT2D eigenvalue weighted by Gasteiger charge is 1.57. The van der Waals surface area contributed by atoms with Crippen molar-refractivity contribution in [1.29, 1.82) is 0 Å². The summed E-state index contributed by atoms with van der Waals surface area (Å²) in [6.07, 6.45) is 7.92. The molecular formula is C18H48O16P4-12. The first-order valence-electron chi connectivity index (χ1n) is 11.7. The molecule has 0 heterocycles. The van der Waals surface area contributed by atoms with Gasteiger partial charge in [-0.2, -0.15) is 31.3 Å². The summed E-state index contributed by atoms with van der Waals surface area (Å²) in [6, 6.07) is 0. The van der Waals surface area contributed by atoms with E-state index in [0.29, 0.717) is 0 Å². The molecule has 0 aromatic carbocycles. The van der Waals surface area contributed by atoms with E-state index in [1.807, 2.05) is 41.5 Å². The van der Waals surface area contributed by atoms with Crippen molar-refractivity contribution in [3.8, 4) is 0 Å². The molecule has 0 atom stereocenters. The van der Waals surface area contributed by atoms with Gasteiger partial charge >= 0.3 is 0 Å². The molecule has 0 aromatic rings. The van der Waals surface area contributed by atoms with E-state index < -0.39 is 31.3 Å². The fourth-order valence-corrected chi connectivity index (χ4v) is 0. The van der Waals surface area contributed by atoms with Crippen molar-refractivity contribution in [2.24, 2.45) is 0 Å². The molecule has 0 bridgehead atoms. The van der Waals surface area contributed by atoms with Gasteiger partial charge in [0.05, 0.1) is 0 Å². The molecule has 38 heavy (non-hydrogen) atoms. The van der Waals surface area contributed by atoms with Crippen LogP contribution < -0.4 is 58.7 Å². The third kappa shape index (κ3) is 3870. The van der Waals surface area contributed by atoms with Crippen molar-refractivity contribution in [2.75, 3.05) is 0 Å². The maximum absolute atomic E-state index is 8.55. The van der Waals surface area contributed by atoms with Crippen LogP contribution in [0.4, 0.5) is 0 Å². The normalized spacial score (nSPS) is 9.05. The van der Waals surface area contributed by atoms with E-state index in [1.54, 1.807) is 0 Å². The molecule has 0 spiro atoms. The average Bonchev–Trinajstić information content (AvgIpc) is 2.73. The molecule has 0 N–H and O–H groups in total. The van der Waals surface area contributed by atoms with Crippen molar-refractivity contribution in [2.45, 2.75) is 122 Å². The van der Waals surface area contributed by atoms with E-state index in [2.05, 4.69) is 41.5 Å². The van der Waals surface area contributed by atoms with Gasteiger partial charge in [0.1, 0.15) is 0 Å². The first-order chi connectivity index (χ1) is 16.7. The zero-order valence-electron chi connectivity index (χ0n) is 24.6. The van der Waals surface area contributed by atoms with Crippen LogP contribution in [0.25, 0.3) is 0 Å². The van der Waals surface area contributed by atoms with Crippen LogP contribution in [0.3, 0.4) is 0 Å². The first kappa shape index (κ1) is 66.6. The van der Waals surface area contributed by atoms with Crippen LogP contribution >= 0.6 is 31.3 Å². The summed E-state index contributed by atoms with van der Waals surface area (Å²) < 4.78 is 34.2. The molecule has 0 rings (SSSR count). The van der Waals surface area contributed by atoms with Gasteiger partial charge in [-0.15, -0.1) is 0 Å². The van der Waals surface area contributed by atoms with E-state index in [9.17, 15) is 0 Å². The van der Waals surface area contributed by atoms with E-state index in [0.717, 1.165) is 0 Å². The molecule has 20 heteroatoms. The fourth-order valence-electron chi connectivity index (χ4n) is 0. The molecule has 0 aliphatic rings. The van der Waals surface area contributed by atoms with Crippen LogP contribution in [-0.2, 0) is 18.3 Å². The highest BCUT2D eigenvalue weighted by molar-refractivity contribution is 7.41. The van der Waals surface area contributed by atoms with E-state index >= 15 is 0 Å². The molecule has 0 saturated heterocycles. The number of rotatable bonds is 3. The Morgan fingerprint density at radius 3 is 0.316 bits per heavy atom. The Kier molecular flexibility index (Phi) is 94.1. The second kappa shape index (κ2) is 53.7. The second-order valence-corrected chi connectivity index (χ2v) is 8.37. The molecule has 0 radical (unpaired) electrons. The highest BCUT2D eigenvalue weighted by Crippen LogP contribution is 2.04. The molecule has 0 aliphatic heterocycles. The molecule has 0 unspecified atom stereocenters. The predicted molar refractivity (Wildman–Crippen MR) is 126 cm³/mol. The lowest BCUT2D eigenvalue weighted by Crippen LogP contribution is -2.24. The van der Waals surface area contributed by atoms with Gasteiger partial charge < -0.3 is 77.0 Å². The minimum absolute atomic E-state index is 1.32. The smallest absolute Gasteiger partial charge is 0.0564 e. The average molecular weight is 644 g/mol. The van der Waals surface area contributed by atoms with Crippen molar-refractivity contribution in [3.05, 3.63) is 0 Å². The van der Waals surface area contributed by atoms with Gasteiger partial charge in [0.2, 0.25) is 0 Å². The monoisotopic (exact) mass is 644 g/mol. The number of hydrogen-bond donors (Lipinski definition) is 0. The lowest BCUT2D eigenvalue weighted by Gasteiger charge is -2.36.